The van der Waals surface area contributed by atoms with Crippen LogP contribution in [0.15, 0.2) is 24.3 Å². The summed E-state index contributed by atoms with van der Waals surface area (Å²) in [6.07, 6.45) is 0. The molecule has 0 saturated heterocycles. The molecule has 17 heavy (non-hydrogen) atoms. The summed E-state index contributed by atoms with van der Waals surface area (Å²) in [5.74, 6) is 0.0431. The highest BCUT2D eigenvalue weighted by Crippen LogP contribution is 2.11. The zero-order chi connectivity index (χ0) is 12.7. The molecule has 0 atom stereocenters. The highest BCUT2D eigenvalue weighted by Gasteiger charge is 2.06. The van der Waals surface area contributed by atoms with Crippen molar-refractivity contribution < 1.29 is 14.3 Å². The highest BCUT2D eigenvalue weighted by molar-refractivity contribution is 5.94. The molecule has 1 aromatic rings. The molecule has 0 heterocycles. The van der Waals surface area contributed by atoms with Crippen molar-refractivity contribution in [3.63, 3.8) is 0 Å². The Morgan fingerprint density at radius 2 is 1.94 bits per heavy atom. The van der Waals surface area contributed by atoms with Crippen LogP contribution in [0.25, 0.3) is 0 Å². The van der Waals surface area contributed by atoms with E-state index in [-0.39, 0.29) is 6.61 Å². The number of hydrogen-bond donors (Lipinski definition) is 3. The lowest BCUT2D eigenvalue weighted by Crippen LogP contribution is -2.39. The molecule has 0 radical (unpaired) electrons. The quantitative estimate of drug-likeness (QED) is 0.686. The summed E-state index contributed by atoms with van der Waals surface area (Å²) in [5.41, 5.74) is 6.42. The summed E-state index contributed by atoms with van der Waals surface area (Å²) in [6.45, 7) is 0.243. The van der Waals surface area contributed by atoms with E-state index < -0.39 is 11.9 Å². The van der Waals surface area contributed by atoms with Crippen LogP contribution in [0.1, 0.15) is 5.56 Å². The molecule has 0 spiro atoms. The van der Waals surface area contributed by atoms with Gasteiger partial charge in [0, 0.05) is 13.6 Å². The molecule has 6 nitrogen and oxygen atoms in total. The second-order valence-corrected chi connectivity index (χ2v) is 3.26. The van der Waals surface area contributed by atoms with Gasteiger partial charge in [-0.25, -0.2) is 4.79 Å². The van der Waals surface area contributed by atoms with Gasteiger partial charge >= 0.3 is 6.03 Å². The third-order valence-corrected chi connectivity index (χ3v) is 2.01. The van der Waals surface area contributed by atoms with E-state index >= 15 is 0 Å². The fourth-order valence-corrected chi connectivity index (χ4v) is 1.10. The van der Waals surface area contributed by atoms with Crippen molar-refractivity contribution in [1.29, 1.82) is 0 Å². The van der Waals surface area contributed by atoms with Crippen molar-refractivity contribution in [2.45, 2.75) is 6.54 Å². The van der Waals surface area contributed by atoms with E-state index in [2.05, 4.69) is 10.6 Å². The molecule has 0 fully saturated rings. The fraction of sp³-hybridized carbons (Fsp3) is 0.273. The molecular formula is C11H15N3O3. The molecule has 0 aliphatic heterocycles. The van der Waals surface area contributed by atoms with Gasteiger partial charge in [0.2, 0.25) is 0 Å². The van der Waals surface area contributed by atoms with E-state index in [1.165, 1.54) is 7.05 Å². The number of hydrogen-bond acceptors (Lipinski definition) is 4. The van der Waals surface area contributed by atoms with Crippen LogP contribution in [0.3, 0.4) is 0 Å². The minimum absolute atomic E-state index is 0.213. The van der Waals surface area contributed by atoms with Crippen LogP contribution >= 0.6 is 0 Å². The maximum atomic E-state index is 11.2. The summed E-state index contributed by atoms with van der Waals surface area (Å²) in [4.78, 5) is 22.0. The number of carbonyl (C=O) groups excluding carboxylic acids is 2. The Hall–Kier alpha value is -2.08. The van der Waals surface area contributed by atoms with Gasteiger partial charge in [0.15, 0.2) is 6.61 Å². The van der Waals surface area contributed by atoms with E-state index in [1.807, 2.05) is 12.1 Å². The third kappa shape index (κ3) is 4.52. The van der Waals surface area contributed by atoms with Crippen LogP contribution in [0.5, 0.6) is 5.75 Å². The van der Waals surface area contributed by atoms with E-state index in [4.69, 9.17) is 10.5 Å². The van der Waals surface area contributed by atoms with Crippen molar-refractivity contribution in [2.75, 3.05) is 13.7 Å². The molecule has 1 rings (SSSR count). The smallest absolute Gasteiger partial charge is 0.321 e. The predicted molar refractivity (Wildman–Crippen MR) is 62.4 cm³/mol. The molecule has 6 heteroatoms. The SMILES string of the molecule is CNC(=O)NC(=O)COc1ccc(CN)cc1. The maximum Gasteiger partial charge on any atom is 0.321 e. The third-order valence-electron chi connectivity index (χ3n) is 2.01. The number of benzene rings is 1. The lowest BCUT2D eigenvalue weighted by atomic mass is 10.2. The lowest BCUT2D eigenvalue weighted by molar-refractivity contribution is -0.122. The Morgan fingerprint density at radius 3 is 2.47 bits per heavy atom. The monoisotopic (exact) mass is 237 g/mol. The minimum Gasteiger partial charge on any atom is -0.484 e. The first kappa shape index (κ1) is 13.0. The van der Waals surface area contributed by atoms with Crippen molar-refractivity contribution in [3.8, 4) is 5.75 Å². The fourth-order valence-electron chi connectivity index (χ4n) is 1.10. The molecule has 0 aromatic heterocycles. The van der Waals surface area contributed by atoms with Crippen LogP contribution in [0.2, 0.25) is 0 Å². The number of ether oxygens (including phenoxy) is 1. The van der Waals surface area contributed by atoms with E-state index in [1.54, 1.807) is 12.1 Å². The van der Waals surface area contributed by atoms with Crippen molar-refractivity contribution in [2.24, 2.45) is 5.73 Å². The minimum atomic E-state index is -0.558. The highest BCUT2D eigenvalue weighted by atomic mass is 16.5. The molecule has 0 saturated carbocycles. The van der Waals surface area contributed by atoms with Crippen LogP contribution < -0.4 is 21.1 Å². The summed E-state index contributed by atoms with van der Waals surface area (Å²) < 4.78 is 5.18. The molecule has 0 bridgehead atoms. The molecule has 3 amide bonds. The molecule has 0 unspecified atom stereocenters. The lowest BCUT2D eigenvalue weighted by Gasteiger charge is -2.06. The number of nitrogens with two attached hydrogens (primary N) is 1. The average Bonchev–Trinajstić information content (AvgIpc) is 2.36. The van der Waals surface area contributed by atoms with Crippen molar-refractivity contribution in [1.82, 2.24) is 10.6 Å². The van der Waals surface area contributed by atoms with Gasteiger partial charge in [0.1, 0.15) is 5.75 Å². The van der Waals surface area contributed by atoms with Gasteiger partial charge in [0.05, 0.1) is 0 Å². The molecule has 0 aliphatic carbocycles. The second-order valence-electron chi connectivity index (χ2n) is 3.26. The summed E-state index contributed by atoms with van der Waals surface area (Å²) in [5, 5.41) is 4.36. The van der Waals surface area contributed by atoms with E-state index in [9.17, 15) is 9.59 Å². The normalized spacial score (nSPS) is 9.53. The standard InChI is InChI=1S/C11H15N3O3/c1-13-11(16)14-10(15)7-17-9-4-2-8(6-12)3-5-9/h2-5H,6-7,12H2,1H3,(H2,13,14,15,16). The number of rotatable bonds is 4. The number of urea groups is 1. The first-order valence-corrected chi connectivity index (χ1v) is 5.09. The number of imide groups is 1. The summed E-state index contributed by atoms with van der Waals surface area (Å²) >= 11 is 0. The number of amides is 3. The Bertz CT molecular complexity index is 389. The van der Waals surface area contributed by atoms with E-state index in [0.717, 1.165) is 5.56 Å². The van der Waals surface area contributed by atoms with Crippen LogP contribution in [0, 0.1) is 0 Å². The van der Waals surface area contributed by atoms with Crippen LogP contribution in [0.4, 0.5) is 4.79 Å². The van der Waals surface area contributed by atoms with Gasteiger partial charge in [-0.15, -0.1) is 0 Å². The molecule has 1 aromatic carbocycles. The average molecular weight is 237 g/mol. The largest absolute Gasteiger partial charge is 0.484 e. The predicted octanol–water partition coefficient (Wildman–Crippen LogP) is -0.0203. The number of nitrogens with one attached hydrogen (secondary N) is 2. The molecule has 92 valence electrons. The molecule has 4 N–H and O–H groups in total. The van der Waals surface area contributed by atoms with Crippen LogP contribution in [-0.2, 0) is 11.3 Å². The Morgan fingerprint density at radius 1 is 1.29 bits per heavy atom. The van der Waals surface area contributed by atoms with Gasteiger partial charge < -0.3 is 15.8 Å². The van der Waals surface area contributed by atoms with Crippen molar-refractivity contribution >= 4 is 11.9 Å². The van der Waals surface area contributed by atoms with Gasteiger partial charge in [-0.1, -0.05) is 12.1 Å². The Labute approximate surface area is 99.1 Å². The van der Waals surface area contributed by atoms with Crippen molar-refractivity contribution in [3.05, 3.63) is 29.8 Å². The number of carbonyl (C=O) groups is 2. The second kappa shape index (κ2) is 6.49. The molecule has 0 aliphatic rings. The molecular weight excluding hydrogens is 222 g/mol. The first-order chi connectivity index (χ1) is 8.15. The topological polar surface area (TPSA) is 93.5 Å². The van der Waals surface area contributed by atoms with Gasteiger partial charge in [0.25, 0.3) is 5.91 Å². The Balaban J connectivity index is 2.39. The summed E-state index contributed by atoms with van der Waals surface area (Å²) in [7, 11) is 1.43. The Kier molecular flexibility index (Phi) is 4.96. The maximum absolute atomic E-state index is 11.2. The van der Waals surface area contributed by atoms with Crippen LogP contribution in [-0.4, -0.2) is 25.6 Å². The zero-order valence-electron chi connectivity index (χ0n) is 9.53. The zero-order valence-corrected chi connectivity index (χ0v) is 9.53. The van der Waals surface area contributed by atoms with Gasteiger partial charge in [-0.2, -0.15) is 0 Å². The van der Waals surface area contributed by atoms with E-state index in [0.29, 0.717) is 12.3 Å². The summed E-state index contributed by atoms with van der Waals surface area (Å²) in [6, 6.07) is 6.50. The van der Waals surface area contributed by atoms with Gasteiger partial charge in [-0.3, -0.25) is 10.1 Å². The first-order valence-electron chi connectivity index (χ1n) is 5.09. The van der Waals surface area contributed by atoms with Gasteiger partial charge in [-0.05, 0) is 17.7 Å².